The molecule has 0 radical (unpaired) electrons. The van der Waals surface area contributed by atoms with Crippen molar-refractivity contribution in [2.24, 2.45) is 0 Å². The number of ether oxygens (including phenoxy) is 1. The Balaban J connectivity index is 2.09. The van der Waals surface area contributed by atoms with Crippen LogP contribution in [0.5, 0.6) is 5.75 Å². The maximum atomic E-state index is 5.35. The van der Waals surface area contributed by atoms with E-state index in [-0.39, 0.29) is 0 Å². The number of rotatable bonds is 3. The van der Waals surface area contributed by atoms with Gasteiger partial charge in [0, 0.05) is 18.0 Å². The van der Waals surface area contributed by atoms with E-state index in [1.54, 1.807) is 17.8 Å². The van der Waals surface area contributed by atoms with E-state index < -0.39 is 0 Å². The zero-order valence-electron chi connectivity index (χ0n) is 11.0. The lowest BCUT2D eigenvalue weighted by Gasteiger charge is -2.09. The molecule has 0 spiro atoms. The second-order valence-electron chi connectivity index (χ2n) is 4.33. The molecular formula is C15H15N3O. The summed E-state index contributed by atoms with van der Waals surface area (Å²) in [6, 6.07) is 10.1. The maximum Gasteiger partial charge on any atom is 0.153 e. The monoisotopic (exact) mass is 253 g/mol. The van der Waals surface area contributed by atoms with Crippen LogP contribution in [0.15, 0.2) is 42.7 Å². The number of hydrogen-bond acceptors (Lipinski definition) is 3. The van der Waals surface area contributed by atoms with Crippen LogP contribution in [0.2, 0.25) is 0 Å². The van der Waals surface area contributed by atoms with Gasteiger partial charge in [-0.3, -0.25) is 0 Å². The van der Waals surface area contributed by atoms with E-state index in [9.17, 15) is 0 Å². The molecule has 3 aromatic rings. The Morgan fingerprint density at radius 1 is 1.21 bits per heavy atom. The van der Waals surface area contributed by atoms with Crippen molar-refractivity contribution in [1.29, 1.82) is 0 Å². The number of benzene rings is 1. The third kappa shape index (κ3) is 2.05. The SMILES string of the molecule is CCc1cc(-c2ccc3nccn3n2)ccc1OC. The lowest BCUT2D eigenvalue weighted by Crippen LogP contribution is -1.95. The van der Waals surface area contributed by atoms with Crippen LogP contribution in [0.3, 0.4) is 0 Å². The molecule has 0 saturated carbocycles. The van der Waals surface area contributed by atoms with Crippen molar-refractivity contribution in [3.8, 4) is 17.0 Å². The summed E-state index contributed by atoms with van der Waals surface area (Å²) < 4.78 is 7.13. The summed E-state index contributed by atoms with van der Waals surface area (Å²) in [7, 11) is 1.70. The summed E-state index contributed by atoms with van der Waals surface area (Å²) in [5.74, 6) is 0.926. The number of hydrogen-bond donors (Lipinski definition) is 0. The molecule has 0 saturated heterocycles. The van der Waals surface area contributed by atoms with Crippen molar-refractivity contribution < 1.29 is 4.74 Å². The van der Waals surface area contributed by atoms with Crippen molar-refractivity contribution in [3.05, 3.63) is 48.3 Å². The Morgan fingerprint density at radius 2 is 2.11 bits per heavy atom. The average Bonchev–Trinajstić information content (AvgIpc) is 2.93. The predicted octanol–water partition coefficient (Wildman–Crippen LogP) is 2.97. The van der Waals surface area contributed by atoms with E-state index in [1.807, 2.05) is 30.5 Å². The first-order chi connectivity index (χ1) is 9.31. The molecule has 3 rings (SSSR count). The number of aromatic nitrogens is 3. The van der Waals surface area contributed by atoms with Gasteiger partial charge in [-0.1, -0.05) is 6.92 Å². The van der Waals surface area contributed by atoms with Crippen LogP contribution in [0.4, 0.5) is 0 Å². The molecule has 1 aromatic carbocycles. The van der Waals surface area contributed by atoms with Crippen LogP contribution in [0, 0.1) is 0 Å². The van der Waals surface area contributed by atoms with E-state index in [1.165, 1.54) is 5.56 Å². The summed E-state index contributed by atoms with van der Waals surface area (Å²) in [5, 5.41) is 4.55. The average molecular weight is 253 g/mol. The molecule has 19 heavy (non-hydrogen) atoms. The van der Waals surface area contributed by atoms with E-state index in [0.29, 0.717) is 0 Å². The van der Waals surface area contributed by atoms with Crippen molar-refractivity contribution in [2.75, 3.05) is 7.11 Å². The molecule has 2 aromatic heterocycles. The second kappa shape index (κ2) is 4.72. The van der Waals surface area contributed by atoms with Gasteiger partial charge in [-0.25, -0.2) is 9.50 Å². The normalized spacial score (nSPS) is 10.8. The molecule has 0 amide bonds. The Kier molecular flexibility index (Phi) is 2.91. The third-order valence-corrected chi connectivity index (χ3v) is 3.21. The highest BCUT2D eigenvalue weighted by atomic mass is 16.5. The van der Waals surface area contributed by atoms with E-state index >= 15 is 0 Å². The summed E-state index contributed by atoms with van der Waals surface area (Å²) in [6.45, 7) is 2.12. The lowest BCUT2D eigenvalue weighted by molar-refractivity contribution is 0.410. The highest BCUT2D eigenvalue weighted by molar-refractivity contribution is 5.63. The van der Waals surface area contributed by atoms with Crippen molar-refractivity contribution in [3.63, 3.8) is 0 Å². The summed E-state index contributed by atoms with van der Waals surface area (Å²) in [4.78, 5) is 4.20. The van der Waals surface area contributed by atoms with Gasteiger partial charge in [-0.15, -0.1) is 0 Å². The largest absolute Gasteiger partial charge is 0.496 e. The van der Waals surface area contributed by atoms with E-state index in [4.69, 9.17) is 4.74 Å². The summed E-state index contributed by atoms with van der Waals surface area (Å²) in [6.07, 6.45) is 4.53. The quantitative estimate of drug-likeness (QED) is 0.720. The van der Waals surface area contributed by atoms with Gasteiger partial charge in [0.1, 0.15) is 5.75 Å². The fourth-order valence-corrected chi connectivity index (χ4v) is 2.18. The molecule has 0 aliphatic heterocycles. The zero-order chi connectivity index (χ0) is 13.2. The Bertz CT molecular complexity index is 718. The molecule has 0 fully saturated rings. The number of fused-ring (bicyclic) bond motifs is 1. The Labute approximate surface area is 111 Å². The van der Waals surface area contributed by atoms with Gasteiger partial charge < -0.3 is 4.74 Å². The number of methoxy groups -OCH3 is 1. The highest BCUT2D eigenvalue weighted by Gasteiger charge is 2.06. The van der Waals surface area contributed by atoms with Crippen LogP contribution >= 0.6 is 0 Å². The highest BCUT2D eigenvalue weighted by Crippen LogP contribution is 2.25. The maximum absolute atomic E-state index is 5.35. The number of imidazole rings is 1. The molecule has 2 heterocycles. The minimum atomic E-state index is 0.855. The van der Waals surface area contributed by atoms with Gasteiger partial charge >= 0.3 is 0 Å². The first-order valence-corrected chi connectivity index (χ1v) is 6.29. The first-order valence-electron chi connectivity index (χ1n) is 6.29. The topological polar surface area (TPSA) is 39.4 Å². The van der Waals surface area contributed by atoms with E-state index in [0.717, 1.165) is 29.1 Å². The first kappa shape index (κ1) is 11.7. The second-order valence-corrected chi connectivity index (χ2v) is 4.33. The van der Waals surface area contributed by atoms with Crippen molar-refractivity contribution in [2.45, 2.75) is 13.3 Å². The van der Waals surface area contributed by atoms with E-state index in [2.05, 4.69) is 23.1 Å². The van der Waals surface area contributed by atoms with Gasteiger partial charge in [0.2, 0.25) is 0 Å². The summed E-state index contributed by atoms with van der Waals surface area (Å²) >= 11 is 0. The fourth-order valence-electron chi connectivity index (χ4n) is 2.18. The molecule has 0 aliphatic rings. The molecule has 0 bridgehead atoms. The van der Waals surface area contributed by atoms with Crippen LogP contribution < -0.4 is 4.74 Å². The van der Waals surface area contributed by atoms with Crippen LogP contribution in [0.25, 0.3) is 16.9 Å². The van der Waals surface area contributed by atoms with Crippen molar-refractivity contribution >= 4 is 5.65 Å². The molecule has 4 nitrogen and oxygen atoms in total. The number of aryl methyl sites for hydroxylation is 1. The standard InChI is InChI=1S/C15H15N3O/c1-3-11-10-12(4-6-14(11)19-2)13-5-7-15-16-8-9-18(15)17-13/h4-10H,3H2,1-2H3. The molecule has 0 atom stereocenters. The van der Waals surface area contributed by atoms with Gasteiger partial charge in [-0.05, 0) is 42.3 Å². The molecule has 0 N–H and O–H groups in total. The fraction of sp³-hybridized carbons (Fsp3) is 0.200. The molecule has 0 aliphatic carbocycles. The Morgan fingerprint density at radius 3 is 2.89 bits per heavy atom. The van der Waals surface area contributed by atoms with Crippen molar-refractivity contribution in [1.82, 2.24) is 14.6 Å². The van der Waals surface area contributed by atoms with Crippen LogP contribution in [-0.2, 0) is 6.42 Å². The Hall–Kier alpha value is -2.36. The van der Waals surface area contributed by atoms with Gasteiger partial charge in [0.05, 0.1) is 12.8 Å². The minimum absolute atomic E-state index is 0.855. The third-order valence-electron chi connectivity index (χ3n) is 3.21. The van der Waals surface area contributed by atoms with Gasteiger partial charge in [0.25, 0.3) is 0 Å². The molecular weight excluding hydrogens is 238 g/mol. The smallest absolute Gasteiger partial charge is 0.153 e. The van der Waals surface area contributed by atoms with Crippen LogP contribution in [0.1, 0.15) is 12.5 Å². The zero-order valence-corrected chi connectivity index (χ0v) is 11.0. The van der Waals surface area contributed by atoms with Gasteiger partial charge in [-0.2, -0.15) is 5.10 Å². The molecule has 96 valence electrons. The molecule has 4 heteroatoms. The lowest BCUT2D eigenvalue weighted by atomic mass is 10.1. The minimum Gasteiger partial charge on any atom is -0.496 e. The predicted molar refractivity (Wildman–Crippen MR) is 74.4 cm³/mol. The number of nitrogens with zero attached hydrogens (tertiary/aromatic N) is 3. The molecule has 0 unspecified atom stereocenters. The summed E-state index contributed by atoms with van der Waals surface area (Å²) in [5.41, 5.74) is 4.07. The van der Waals surface area contributed by atoms with Crippen LogP contribution in [-0.4, -0.2) is 21.7 Å². The van der Waals surface area contributed by atoms with Gasteiger partial charge in [0.15, 0.2) is 5.65 Å².